The van der Waals surface area contributed by atoms with Crippen molar-refractivity contribution in [1.29, 1.82) is 0 Å². The van der Waals surface area contributed by atoms with E-state index in [1.165, 1.54) is 0 Å². The van der Waals surface area contributed by atoms with E-state index in [4.69, 9.17) is 4.74 Å². The number of hydrogen-bond donors (Lipinski definition) is 2. The summed E-state index contributed by atoms with van der Waals surface area (Å²) in [6.07, 6.45) is 2.14. The number of hydrogen-bond acceptors (Lipinski definition) is 3. The highest BCUT2D eigenvalue weighted by Crippen LogP contribution is 2.11. The first-order chi connectivity index (χ1) is 9.66. The van der Waals surface area contributed by atoms with E-state index in [0.717, 1.165) is 23.0 Å². The second kappa shape index (κ2) is 7.58. The fourth-order valence-corrected chi connectivity index (χ4v) is 2.63. The Hall–Kier alpha value is -1.15. The number of carbonyl (C=O) groups excluding carboxylic acids is 2. The van der Waals surface area contributed by atoms with Crippen LogP contribution in [0, 0.1) is 3.57 Å². The van der Waals surface area contributed by atoms with Crippen LogP contribution in [0.1, 0.15) is 23.2 Å². The molecular formula is C14H17IN2O3. The third-order valence-electron chi connectivity index (χ3n) is 3.08. The second-order valence-corrected chi connectivity index (χ2v) is 5.76. The van der Waals surface area contributed by atoms with Crippen LogP contribution in [0.2, 0.25) is 0 Å². The van der Waals surface area contributed by atoms with E-state index < -0.39 is 0 Å². The Morgan fingerprint density at radius 2 is 2.10 bits per heavy atom. The van der Waals surface area contributed by atoms with E-state index in [9.17, 15) is 9.59 Å². The molecule has 20 heavy (non-hydrogen) atoms. The number of rotatable bonds is 5. The Kier molecular flexibility index (Phi) is 5.78. The van der Waals surface area contributed by atoms with Crippen LogP contribution in [0.4, 0.5) is 0 Å². The summed E-state index contributed by atoms with van der Waals surface area (Å²) in [5.74, 6) is -0.429. The predicted molar refractivity (Wildman–Crippen MR) is 83.5 cm³/mol. The van der Waals surface area contributed by atoms with E-state index in [1.54, 1.807) is 12.1 Å². The normalized spacial score (nSPS) is 17.8. The molecule has 0 aliphatic carbocycles. The molecule has 108 valence electrons. The molecule has 1 aromatic carbocycles. The first-order valence-corrected chi connectivity index (χ1v) is 7.65. The van der Waals surface area contributed by atoms with Gasteiger partial charge in [-0.05, 0) is 47.6 Å². The van der Waals surface area contributed by atoms with Gasteiger partial charge in [-0.2, -0.15) is 0 Å². The van der Waals surface area contributed by atoms with Crippen molar-refractivity contribution in [2.24, 2.45) is 0 Å². The molecule has 2 amide bonds. The van der Waals surface area contributed by atoms with Crippen molar-refractivity contribution in [2.45, 2.75) is 18.9 Å². The zero-order valence-corrected chi connectivity index (χ0v) is 13.2. The lowest BCUT2D eigenvalue weighted by atomic mass is 10.2. The van der Waals surface area contributed by atoms with Crippen molar-refractivity contribution in [1.82, 2.24) is 10.6 Å². The van der Waals surface area contributed by atoms with Gasteiger partial charge in [-0.25, -0.2) is 0 Å². The number of halogens is 1. The molecule has 1 fully saturated rings. The summed E-state index contributed by atoms with van der Waals surface area (Å²) in [7, 11) is 0. The van der Waals surface area contributed by atoms with Crippen LogP contribution in [0.15, 0.2) is 24.3 Å². The fraction of sp³-hybridized carbons (Fsp3) is 0.429. The number of nitrogens with one attached hydrogen (secondary N) is 2. The molecule has 1 aromatic rings. The molecule has 0 spiro atoms. The summed E-state index contributed by atoms with van der Waals surface area (Å²) in [5.41, 5.74) is 0.583. The molecule has 1 heterocycles. The van der Waals surface area contributed by atoms with Crippen LogP contribution in [0.3, 0.4) is 0 Å². The van der Waals surface area contributed by atoms with Gasteiger partial charge < -0.3 is 15.4 Å². The molecule has 1 atom stereocenters. The second-order valence-electron chi connectivity index (χ2n) is 4.60. The molecule has 5 nitrogen and oxygen atoms in total. The lowest BCUT2D eigenvalue weighted by Crippen LogP contribution is -2.40. The van der Waals surface area contributed by atoms with Crippen LogP contribution >= 0.6 is 22.6 Å². The SMILES string of the molecule is O=C(CNC(=O)c1ccccc1I)NCC1CCCO1. The molecule has 2 N–H and O–H groups in total. The van der Waals surface area contributed by atoms with Gasteiger partial charge in [-0.15, -0.1) is 0 Å². The molecule has 0 aromatic heterocycles. The Bertz CT molecular complexity index is 487. The summed E-state index contributed by atoms with van der Waals surface area (Å²) in [5, 5.41) is 5.38. The van der Waals surface area contributed by atoms with Gasteiger partial charge in [0.05, 0.1) is 18.2 Å². The van der Waals surface area contributed by atoms with Crippen molar-refractivity contribution in [3.63, 3.8) is 0 Å². The summed E-state index contributed by atoms with van der Waals surface area (Å²) in [4.78, 5) is 23.5. The maximum absolute atomic E-state index is 11.9. The van der Waals surface area contributed by atoms with Gasteiger partial charge in [0.1, 0.15) is 0 Å². The summed E-state index contributed by atoms with van der Waals surface area (Å²) < 4.78 is 6.27. The Labute approximate surface area is 131 Å². The largest absolute Gasteiger partial charge is 0.376 e. The average molecular weight is 388 g/mol. The minimum absolute atomic E-state index is 0.0173. The van der Waals surface area contributed by atoms with Gasteiger partial charge in [0.15, 0.2) is 0 Å². The third kappa shape index (κ3) is 4.45. The molecule has 6 heteroatoms. The maximum Gasteiger partial charge on any atom is 0.252 e. The van der Waals surface area contributed by atoms with Crippen LogP contribution in [0.25, 0.3) is 0 Å². The lowest BCUT2D eigenvalue weighted by Gasteiger charge is -2.11. The number of benzene rings is 1. The summed E-state index contributed by atoms with van der Waals surface area (Å²) >= 11 is 2.10. The number of ether oxygens (including phenoxy) is 1. The van der Waals surface area contributed by atoms with Gasteiger partial charge in [-0.1, -0.05) is 12.1 Å². The number of carbonyl (C=O) groups is 2. The maximum atomic E-state index is 11.9. The van der Waals surface area contributed by atoms with Crippen molar-refractivity contribution < 1.29 is 14.3 Å². The molecule has 1 aliphatic heterocycles. The van der Waals surface area contributed by atoms with Gasteiger partial charge in [0, 0.05) is 16.7 Å². The van der Waals surface area contributed by atoms with Crippen LogP contribution < -0.4 is 10.6 Å². The summed E-state index contributed by atoms with van der Waals surface area (Å²) in [6.45, 7) is 1.26. The first-order valence-electron chi connectivity index (χ1n) is 6.58. The highest BCUT2D eigenvalue weighted by atomic mass is 127. The molecule has 0 bridgehead atoms. The van der Waals surface area contributed by atoms with E-state index in [2.05, 4.69) is 33.2 Å². The zero-order valence-electron chi connectivity index (χ0n) is 11.0. The first kappa shape index (κ1) is 15.2. The minimum atomic E-state index is -0.234. The van der Waals surface area contributed by atoms with Crippen molar-refractivity contribution in [2.75, 3.05) is 19.7 Å². The average Bonchev–Trinajstić information content (AvgIpc) is 2.96. The van der Waals surface area contributed by atoms with Gasteiger partial charge in [0.2, 0.25) is 5.91 Å². The third-order valence-corrected chi connectivity index (χ3v) is 4.02. The lowest BCUT2D eigenvalue weighted by molar-refractivity contribution is -0.120. The van der Waals surface area contributed by atoms with Crippen molar-refractivity contribution in [3.8, 4) is 0 Å². The molecule has 0 saturated carbocycles. The quantitative estimate of drug-likeness (QED) is 0.748. The van der Waals surface area contributed by atoms with E-state index in [-0.39, 0.29) is 24.5 Å². The van der Waals surface area contributed by atoms with Crippen molar-refractivity contribution >= 4 is 34.4 Å². The monoisotopic (exact) mass is 388 g/mol. The molecule has 1 saturated heterocycles. The van der Waals surface area contributed by atoms with Crippen molar-refractivity contribution in [3.05, 3.63) is 33.4 Å². The molecule has 2 rings (SSSR count). The van der Waals surface area contributed by atoms with E-state index in [1.807, 2.05) is 12.1 Å². The zero-order chi connectivity index (χ0) is 14.4. The molecule has 1 aliphatic rings. The molecular weight excluding hydrogens is 371 g/mol. The highest BCUT2D eigenvalue weighted by Gasteiger charge is 2.16. The highest BCUT2D eigenvalue weighted by molar-refractivity contribution is 14.1. The Morgan fingerprint density at radius 1 is 1.30 bits per heavy atom. The van der Waals surface area contributed by atoms with E-state index in [0.29, 0.717) is 12.1 Å². The fourth-order valence-electron chi connectivity index (χ4n) is 2.00. The smallest absolute Gasteiger partial charge is 0.252 e. The topological polar surface area (TPSA) is 67.4 Å². The molecule has 1 unspecified atom stereocenters. The van der Waals surface area contributed by atoms with Gasteiger partial charge >= 0.3 is 0 Å². The Balaban J connectivity index is 1.72. The predicted octanol–water partition coefficient (Wildman–Crippen LogP) is 1.32. The standard InChI is InChI=1S/C14H17IN2O3/c15-12-6-2-1-5-11(12)14(19)17-9-13(18)16-8-10-4-3-7-20-10/h1-2,5-6,10H,3-4,7-9H2,(H,16,18)(H,17,19). The van der Waals surface area contributed by atoms with Crippen LogP contribution in [-0.2, 0) is 9.53 Å². The number of amides is 2. The Morgan fingerprint density at radius 3 is 2.80 bits per heavy atom. The van der Waals surface area contributed by atoms with Gasteiger partial charge in [0.25, 0.3) is 5.91 Å². The van der Waals surface area contributed by atoms with Crippen LogP contribution in [-0.4, -0.2) is 37.6 Å². The van der Waals surface area contributed by atoms with E-state index >= 15 is 0 Å². The minimum Gasteiger partial charge on any atom is -0.376 e. The van der Waals surface area contributed by atoms with Gasteiger partial charge in [-0.3, -0.25) is 9.59 Å². The summed E-state index contributed by atoms with van der Waals surface area (Å²) in [6, 6.07) is 7.26. The van der Waals surface area contributed by atoms with Crippen LogP contribution in [0.5, 0.6) is 0 Å². The molecule has 0 radical (unpaired) electrons.